The standard InChI is InChI=1S/C46H38.C8H10N2.C2H6/c1-31(33-15-5-3-6-16-33)32(2)37-19-9-11-21-39(37)40-22-12-10-20-38(40)36-26-28-44-42-24-14-13-23-41(42)43-27-25-35(29-45(43)46(44)30-36)34-17-7-4-8-18-34;1-10-8(9)7-5-3-2-4-6-7;1-2/h3,5,7,9-15,17-31H,2,4,6,8,16H2,1H3;2-6H,1H3,(H2,9,10);1-2H3. The second kappa shape index (κ2) is 18.6. The molecule has 0 aliphatic heterocycles. The second-order valence-corrected chi connectivity index (χ2v) is 14.7. The molecular formula is C56H54N2. The molecule has 58 heavy (non-hydrogen) atoms. The highest BCUT2D eigenvalue weighted by Gasteiger charge is 2.20. The molecule has 0 radical (unpaired) electrons. The highest BCUT2D eigenvalue weighted by Crippen LogP contribution is 2.43. The van der Waals surface area contributed by atoms with Crippen LogP contribution >= 0.6 is 0 Å². The van der Waals surface area contributed by atoms with Crippen molar-refractivity contribution in [2.75, 3.05) is 7.05 Å². The van der Waals surface area contributed by atoms with Crippen molar-refractivity contribution in [2.45, 2.75) is 46.5 Å². The molecule has 0 heterocycles. The lowest BCUT2D eigenvalue weighted by atomic mass is 9.81. The summed E-state index contributed by atoms with van der Waals surface area (Å²) < 4.78 is 0. The third-order valence-corrected chi connectivity index (χ3v) is 11.4. The van der Waals surface area contributed by atoms with E-state index in [0.29, 0.717) is 11.8 Å². The Bertz CT molecular complexity index is 2740. The van der Waals surface area contributed by atoms with E-state index >= 15 is 0 Å². The Morgan fingerprint density at radius 1 is 0.603 bits per heavy atom. The zero-order valence-corrected chi connectivity index (χ0v) is 34.4. The van der Waals surface area contributed by atoms with E-state index in [1.807, 2.05) is 44.2 Å². The SMILES string of the molecule is C=C(c1ccccc1-c1ccccc1-c1ccc2c3ccccc3c3ccc(C4=CCCC=C4)cc3c2c1)C(C)C1=CC=CCC1.CC.CN=C(N)c1ccccc1. The average molecular weight is 755 g/mol. The maximum atomic E-state index is 5.54. The van der Waals surface area contributed by atoms with Crippen LogP contribution in [0.25, 0.3) is 65.7 Å². The molecule has 2 N–H and O–H groups in total. The van der Waals surface area contributed by atoms with Crippen molar-refractivity contribution in [1.82, 2.24) is 0 Å². The molecule has 7 aromatic rings. The molecule has 0 amide bonds. The zero-order valence-electron chi connectivity index (χ0n) is 34.4. The molecule has 0 bridgehead atoms. The van der Waals surface area contributed by atoms with Crippen LogP contribution in [0.5, 0.6) is 0 Å². The lowest BCUT2D eigenvalue weighted by Crippen LogP contribution is -2.12. The van der Waals surface area contributed by atoms with E-state index in [2.05, 4.69) is 164 Å². The fourth-order valence-electron chi connectivity index (χ4n) is 8.28. The molecule has 0 aromatic heterocycles. The topological polar surface area (TPSA) is 38.4 Å². The third-order valence-electron chi connectivity index (χ3n) is 11.4. The van der Waals surface area contributed by atoms with Crippen molar-refractivity contribution >= 4 is 49.3 Å². The van der Waals surface area contributed by atoms with Crippen LogP contribution in [0.15, 0.2) is 193 Å². The monoisotopic (exact) mass is 754 g/mol. The van der Waals surface area contributed by atoms with Gasteiger partial charge in [-0.25, -0.2) is 0 Å². The average Bonchev–Trinajstić information content (AvgIpc) is 3.32. The number of allylic oxidation sites excluding steroid dienone is 9. The number of nitrogens with two attached hydrogens (primary N) is 1. The van der Waals surface area contributed by atoms with Crippen LogP contribution in [0.4, 0.5) is 0 Å². The van der Waals surface area contributed by atoms with Gasteiger partial charge < -0.3 is 5.73 Å². The molecule has 0 saturated heterocycles. The smallest absolute Gasteiger partial charge is 0.125 e. The minimum absolute atomic E-state index is 0.293. The first-order valence-corrected chi connectivity index (χ1v) is 20.8. The second-order valence-electron chi connectivity index (χ2n) is 14.7. The van der Waals surface area contributed by atoms with E-state index in [9.17, 15) is 0 Å². The molecule has 7 aromatic carbocycles. The van der Waals surface area contributed by atoms with E-state index in [4.69, 9.17) is 5.73 Å². The van der Waals surface area contributed by atoms with Crippen LogP contribution in [0.2, 0.25) is 0 Å². The fourth-order valence-corrected chi connectivity index (χ4v) is 8.28. The lowest BCUT2D eigenvalue weighted by molar-refractivity contribution is 0.791. The van der Waals surface area contributed by atoms with Gasteiger partial charge in [0, 0.05) is 18.5 Å². The van der Waals surface area contributed by atoms with E-state index in [1.165, 1.54) is 82.4 Å². The van der Waals surface area contributed by atoms with Gasteiger partial charge in [0.15, 0.2) is 0 Å². The number of amidine groups is 1. The van der Waals surface area contributed by atoms with Crippen LogP contribution in [-0.2, 0) is 0 Å². The summed E-state index contributed by atoms with van der Waals surface area (Å²) in [5.74, 6) is 0.877. The van der Waals surface area contributed by atoms with Gasteiger partial charge in [-0.3, -0.25) is 4.99 Å². The molecule has 9 rings (SSSR count). The van der Waals surface area contributed by atoms with Crippen molar-refractivity contribution in [3.8, 4) is 22.3 Å². The summed E-state index contributed by atoms with van der Waals surface area (Å²) in [5.41, 5.74) is 18.0. The van der Waals surface area contributed by atoms with E-state index in [-0.39, 0.29) is 0 Å². The number of nitrogens with zero attached hydrogens (tertiary/aromatic N) is 1. The first kappa shape index (κ1) is 39.7. The number of fused-ring (bicyclic) bond motifs is 6. The number of benzene rings is 7. The summed E-state index contributed by atoms with van der Waals surface area (Å²) >= 11 is 0. The largest absolute Gasteiger partial charge is 0.384 e. The molecule has 2 heteroatoms. The predicted octanol–water partition coefficient (Wildman–Crippen LogP) is 15.2. The first-order valence-electron chi connectivity index (χ1n) is 20.8. The van der Waals surface area contributed by atoms with Gasteiger partial charge >= 0.3 is 0 Å². The summed E-state index contributed by atoms with van der Waals surface area (Å²) in [6, 6.07) is 50.4. The lowest BCUT2D eigenvalue weighted by Gasteiger charge is -2.23. The highest BCUT2D eigenvalue weighted by atomic mass is 14.8. The van der Waals surface area contributed by atoms with Crippen LogP contribution in [-0.4, -0.2) is 12.9 Å². The van der Waals surface area contributed by atoms with E-state index in [1.54, 1.807) is 7.05 Å². The minimum Gasteiger partial charge on any atom is -0.384 e. The Kier molecular flexibility index (Phi) is 12.8. The summed E-state index contributed by atoms with van der Waals surface area (Å²) in [4.78, 5) is 3.85. The molecule has 288 valence electrons. The fraction of sp³-hybridized carbons (Fsp3) is 0.161. The minimum atomic E-state index is 0.293. The summed E-state index contributed by atoms with van der Waals surface area (Å²) in [6.45, 7) is 11.0. The highest BCUT2D eigenvalue weighted by molar-refractivity contribution is 6.26. The Hall–Kier alpha value is -6.51. The maximum Gasteiger partial charge on any atom is 0.125 e. The third kappa shape index (κ3) is 8.29. The maximum absolute atomic E-state index is 5.54. The number of hydrogen-bond donors (Lipinski definition) is 1. The number of aliphatic imine (C=N–C) groups is 1. The van der Waals surface area contributed by atoms with Crippen LogP contribution in [0.3, 0.4) is 0 Å². The Morgan fingerprint density at radius 3 is 1.83 bits per heavy atom. The van der Waals surface area contributed by atoms with E-state index in [0.717, 1.165) is 31.2 Å². The Balaban J connectivity index is 0.000000371. The van der Waals surface area contributed by atoms with Crippen molar-refractivity contribution < 1.29 is 0 Å². The van der Waals surface area contributed by atoms with Gasteiger partial charge in [0.25, 0.3) is 0 Å². The van der Waals surface area contributed by atoms with Gasteiger partial charge in [0.05, 0.1) is 0 Å². The van der Waals surface area contributed by atoms with Crippen molar-refractivity contribution in [3.05, 3.63) is 205 Å². The van der Waals surface area contributed by atoms with Gasteiger partial charge in [-0.2, -0.15) is 0 Å². The molecule has 0 spiro atoms. The van der Waals surface area contributed by atoms with Gasteiger partial charge in [0.1, 0.15) is 5.84 Å². The van der Waals surface area contributed by atoms with Crippen molar-refractivity contribution in [1.29, 1.82) is 0 Å². The molecule has 0 saturated carbocycles. The van der Waals surface area contributed by atoms with Crippen LogP contribution in [0.1, 0.15) is 63.1 Å². The van der Waals surface area contributed by atoms with Gasteiger partial charge in [-0.15, -0.1) is 0 Å². The van der Waals surface area contributed by atoms with Gasteiger partial charge in [0.2, 0.25) is 0 Å². The molecule has 1 atom stereocenters. The van der Waals surface area contributed by atoms with E-state index < -0.39 is 0 Å². The van der Waals surface area contributed by atoms with Crippen LogP contribution in [0, 0.1) is 5.92 Å². The van der Waals surface area contributed by atoms with Gasteiger partial charge in [-0.05, 0) is 115 Å². The zero-order chi connectivity index (χ0) is 40.4. The number of hydrogen-bond acceptors (Lipinski definition) is 1. The van der Waals surface area contributed by atoms with Crippen molar-refractivity contribution in [3.63, 3.8) is 0 Å². The van der Waals surface area contributed by atoms with Crippen molar-refractivity contribution in [2.24, 2.45) is 16.6 Å². The molecule has 2 aliphatic rings. The Labute approximate surface area is 345 Å². The quantitative estimate of drug-likeness (QED) is 0.0982. The Morgan fingerprint density at radius 2 is 1.19 bits per heavy atom. The van der Waals surface area contributed by atoms with Crippen LogP contribution < -0.4 is 5.73 Å². The van der Waals surface area contributed by atoms with Gasteiger partial charge in [-0.1, -0.05) is 197 Å². The molecule has 2 nitrogen and oxygen atoms in total. The summed E-state index contributed by atoms with van der Waals surface area (Å²) in [7, 11) is 1.68. The molecule has 1 unspecified atom stereocenters. The summed E-state index contributed by atoms with van der Waals surface area (Å²) in [5, 5.41) is 7.82. The normalized spacial score (nSPS) is 14.2. The number of rotatable bonds is 7. The molecule has 0 fully saturated rings. The summed E-state index contributed by atoms with van der Waals surface area (Å²) in [6.07, 6.45) is 18.1. The molecular weight excluding hydrogens is 701 g/mol. The first-order chi connectivity index (χ1) is 28.5. The predicted molar refractivity (Wildman–Crippen MR) is 255 cm³/mol. The molecule has 2 aliphatic carbocycles.